The Morgan fingerprint density at radius 2 is 1.96 bits per heavy atom. The molecule has 0 bridgehead atoms. The second-order valence-electron chi connectivity index (χ2n) is 7.37. The van der Waals surface area contributed by atoms with Gasteiger partial charge in [-0.25, -0.2) is 9.97 Å². The van der Waals surface area contributed by atoms with Crippen LogP contribution in [0.1, 0.15) is 36.6 Å². The molecule has 1 aromatic heterocycles. The number of nitrogens with one attached hydrogen (secondary N) is 2. The summed E-state index contributed by atoms with van der Waals surface area (Å²) >= 11 is 0. The first kappa shape index (κ1) is 20.1. The van der Waals surface area contributed by atoms with E-state index >= 15 is 0 Å². The van der Waals surface area contributed by atoms with E-state index in [0.717, 1.165) is 44.1 Å². The zero-order valence-corrected chi connectivity index (χ0v) is 16.9. The average molecular weight is 383 g/mol. The van der Waals surface area contributed by atoms with Crippen molar-refractivity contribution in [3.63, 3.8) is 0 Å². The van der Waals surface area contributed by atoms with E-state index in [2.05, 4.69) is 45.4 Å². The molecule has 2 N–H and O–H groups in total. The van der Waals surface area contributed by atoms with Crippen LogP contribution in [-0.2, 0) is 4.74 Å². The van der Waals surface area contributed by atoms with Crippen molar-refractivity contribution >= 4 is 23.1 Å². The van der Waals surface area contributed by atoms with Gasteiger partial charge in [-0.3, -0.25) is 4.79 Å². The molecule has 1 amide bonds. The SMILES string of the molecule is Cc1nc(Nc2ccccc2N2CCOCC2)cc(C(=O)NCCC(C)C)n1. The summed E-state index contributed by atoms with van der Waals surface area (Å²) in [5, 5.41) is 6.30. The molecule has 28 heavy (non-hydrogen) atoms. The highest BCUT2D eigenvalue weighted by atomic mass is 16.5. The highest BCUT2D eigenvalue weighted by Gasteiger charge is 2.16. The van der Waals surface area contributed by atoms with Crippen molar-refractivity contribution in [3.8, 4) is 0 Å². The van der Waals surface area contributed by atoms with Gasteiger partial charge in [0.1, 0.15) is 17.3 Å². The van der Waals surface area contributed by atoms with Gasteiger partial charge in [0.25, 0.3) is 5.91 Å². The summed E-state index contributed by atoms with van der Waals surface area (Å²) in [6.07, 6.45) is 0.938. The molecular weight excluding hydrogens is 354 g/mol. The van der Waals surface area contributed by atoms with E-state index in [1.807, 2.05) is 18.2 Å². The lowest BCUT2D eigenvalue weighted by atomic mass is 10.1. The number of nitrogens with zero attached hydrogens (tertiary/aromatic N) is 3. The molecule has 7 nitrogen and oxygen atoms in total. The van der Waals surface area contributed by atoms with Crippen LogP contribution < -0.4 is 15.5 Å². The van der Waals surface area contributed by atoms with Gasteiger partial charge in [-0.1, -0.05) is 26.0 Å². The average Bonchev–Trinajstić information content (AvgIpc) is 2.68. The Balaban J connectivity index is 1.76. The number of aryl methyl sites for hydroxylation is 1. The third-order valence-corrected chi connectivity index (χ3v) is 4.60. The summed E-state index contributed by atoms with van der Waals surface area (Å²) in [5.41, 5.74) is 2.43. The summed E-state index contributed by atoms with van der Waals surface area (Å²) in [5.74, 6) is 1.54. The first-order chi connectivity index (χ1) is 13.5. The van der Waals surface area contributed by atoms with E-state index in [1.165, 1.54) is 0 Å². The van der Waals surface area contributed by atoms with E-state index < -0.39 is 0 Å². The quantitative estimate of drug-likeness (QED) is 0.765. The number of amides is 1. The van der Waals surface area contributed by atoms with E-state index in [0.29, 0.717) is 29.8 Å². The van der Waals surface area contributed by atoms with Gasteiger partial charge in [0.05, 0.1) is 24.6 Å². The summed E-state index contributed by atoms with van der Waals surface area (Å²) in [6.45, 7) is 9.86. The maximum atomic E-state index is 12.4. The zero-order valence-electron chi connectivity index (χ0n) is 16.9. The molecule has 1 saturated heterocycles. The highest BCUT2D eigenvalue weighted by Crippen LogP contribution is 2.28. The largest absolute Gasteiger partial charge is 0.378 e. The molecular formula is C21H29N5O2. The number of hydrogen-bond donors (Lipinski definition) is 2. The lowest BCUT2D eigenvalue weighted by molar-refractivity contribution is 0.0946. The van der Waals surface area contributed by atoms with E-state index in [-0.39, 0.29) is 5.91 Å². The molecule has 0 saturated carbocycles. The number of ether oxygens (including phenoxy) is 1. The first-order valence-corrected chi connectivity index (χ1v) is 9.85. The van der Waals surface area contributed by atoms with Crippen molar-refractivity contribution in [3.05, 3.63) is 41.9 Å². The minimum absolute atomic E-state index is 0.171. The summed E-state index contributed by atoms with van der Waals surface area (Å²) in [7, 11) is 0. The predicted octanol–water partition coefficient (Wildman–Crippen LogP) is 3.14. The Kier molecular flexibility index (Phi) is 6.81. The molecule has 150 valence electrons. The Bertz CT molecular complexity index is 803. The minimum Gasteiger partial charge on any atom is -0.378 e. The predicted molar refractivity (Wildman–Crippen MR) is 111 cm³/mol. The van der Waals surface area contributed by atoms with Crippen LogP contribution in [0.25, 0.3) is 0 Å². The van der Waals surface area contributed by atoms with Gasteiger partial charge in [0.2, 0.25) is 0 Å². The van der Waals surface area contributed by atoms with Gasteiger partial charge in [0.15, 0.2) is 0 Å². The number of benzene rings is 1. The lowest BCUT2D eigenvalue weighted by Crippen LogP contribution is -2.36. The fourth-order valence-electron chi connectivity index (χ4n) is 3.11. The molecule has 0 radical (unpaired) electrons. The molecule has 1 aliphatic heterocycles. The van der Waals surface area contributed by atoms with Crippen molar-refractivity contribution in [2.45, 2.75) is 27.2 Å². The fraction of sp³-hybridized carbons (Fsp3) is 0.476. The molecule has 7 heteroatoms. The molecule has 1 fully saturated rings. The van der Waals surface area contributed by atoms with Crippen molar-refractivity contribution < 1.29 is 9.53 Å². The maximum Gasteiger partial charge on any atom is 0.270 e. The van der Waals surface area contributed by atoms with Crippen molar-refractivity contribution in [2.24, 2.45) is 5.92 Å². The number of carbonyl (C=O) groups excluding carboxylic acids is 1. The Labute approximate surface area is 166 Å². The van der Waals surface area contributed by atoms with Crippen molar-refractivity contribution in [2.75, 3.05) is 43.1 Å². The van der Waals surface area contributed by atoms with Gasteiger partial charge < -0.3 is 20.3 Å². The van der Waals surface area contributed by atoms with Crippen molar-refractivity contribution in [1.82, 2.24) is 15.3 Å². The molecule has 0 atom stereocenters. The number of rotatable bonds is 7. The summed E-state index contributed by atoms with van der Waals surface area (Å²) in [6, 6.07) is 9.81. The topological polar surface area (TPSA) is 79.4 Å². The standard InChI is InChI=1S/C21H29N5O2/c1-15(2)8-9-22-21(27)18-14-20(24-16(3)23-18)25-17-6-4-5-7-19(17)26-10-12-28-13-11-26/h4-7,14-15H,8-13H2,1-3H3,(H,22,27)(H,23,24,25). The van der Waals surface area contributed by atoms with Crippen LogP contribution >= 0.6 is 0 Å². The third kappa shape index (κ3) is 5.42. The number of anilines is 3. The van der Waals surface area contributed by atoms with E-state index in [4.69, 9.17) is 4.74 Å². The van der Waals surface area contributed by atoms with Gasteiger partial charge in [-0.05, 0) is 31.4 Å². The van der Waals surface area contributed by atoms with Gasteiger partial charge in [-0.15, -0.1) is 0 Å². The van der Waals surface area contributed by atoms with Crippen LogP contribution in [0.4, 0.5) is 17.2 Å². The number of carbonyl (C=O) groups is 1. The molecule has 2 aromatic rings. The van der Waals surface area contributed by atoms with Crippen molar-refractivity contribution in [1.29, 1.82) is 0 Å². The highest BCUT2D eigenvalue weighted by molar-refractivity contribution is 5.93. The number of aromatic nitrogens is 2. The fourth-order valence-corrected chi connectivity index (χ4v) is 3.11. The monoisotopic (exact) mass is 383 g/mol. The molecule has 0 spiro atoms. The summed E-state index contributed by atoms with van der Waals surface area (Å²) in [4.78, 5) is 23.5. The number of morpholine rings is 1. The number of para-hydroxylation sites is 2. The molecule has 2 heterocycles. The minimum atomic E-state index is -0.171. The Morgan fingerprint density at radius 3 is 2.71 bits per heavy atom. The normalized spacial score (nSPS) is 14.2. The molecule has 0 unspecified atom stereocenters. The zero-order chi connectivity index (χ0) is 19.9. The smallest absolute Gasteiger partial charge is 0.270 e. The maximum absolute atomic E-state index is 12.4. The van der Waals surface area contributed by atoms with Crippen LogP contribution in [0, 0.1) is 12.8 Å². The second-order valence-corrected chi connectivity index (χ2v) is 7.37. The van der Waals surface area contributed by atoms with Crippen LogP contribution in [0.15, 0.2) is 30.3 Å². The number of hydrogen-bond acceptors (Lipinski definition) is 6. The Morgan fingerprint density at radius 1 is 1.21 bits per heavy atom. The van der Waals surface area contributed by atoms with Crippen LogP contribution in [-0.4, -0.2) is 48.7 Å². The van der Waals surface area contributed by atoms with Crippen LogP contribution in [0.3, 0.4) is 0 Å². The van der Waals surface area contributed by atoms with Crippen LogP contribution in [0.5, 0.6) is 0 Å². The second kappa shape index (κ2) is 9.50. The first-order valence-electron chi connectivity index (χ1n) is 9.85. The van der Waals surface area contributed by atoms with E-state index in [1.54, 1.807) is 13.0 Å². The lowest BCUT2D eigenvalue weighted by Gasteiger charge is -2.30. The molecule has 0 aliphatic carbocycles. The third-order valence-electron chi connectivity index (χ3n) is 4.60. The van der Waals surface area contributed by atoms with Gasteiger partial charge >= 0.3 is 0 Å². The molecule has 1 aliphatic rings. The van der Waals surface area contributed by atoms with Gasteiger partial charge in [0, 0.05) is 25.7 Å². The van der Waals surface area contributed by atoms with Crippen LogP contribution in [0.2, 0.25) is 0 Å². The van der Waals surface area contributed by atoms with Gasteiger partial charge in [-0.2, -0.15) is 0 Å². The molecule has 1 aromatic carbocycles. The Hall–Kier alpha value is -2.67. The molecule has 3 rings (SSSR count). The summed E-state index contributed by atoms with van der Waals surface area (Å²) < 4.78 is 5.46. The van der Waals surface area contributed by atoms with E-state index in [9.17, 15) is 4.79 Å².